The number of alkyl halides is 3. The Balaban J connectivity index is 2.89. The van der Waals surface area contributed by atoms with Crippen LogP contribution >= 0.6 is 11.8 Å². The Labute approximate surface area is 146 Å². The van der Waals surface area contributed by atoms with Crippen LogP contribution in [0, 0.1) is 0 Å². The molecule has 3 nitrogen and oxygen atoms in total. The zero-order valence-corrected chi connectivity index (χ0v) is 15.4. The molecule has 0 radical (unpaired) electrons. The summed E-state index contributed by atoms with van der Waals surface area (Å²) in [6, 6.07) is 3.48. The zero-order chi connectivity index (χ0) is 18.2. The van der Waals surface area contributed by atoms with Crippen molar-refractivity contribution >= 4 is 11.8 Å². The molecular weight excluding hydrogens is 339 g/mol. The summed E-state index contributed by atoms with van der Waals surface area (Å²) in [7, 11) is 3.03. The summed E-state index contributed by atoms with van der Waals surface area (Å²) in [5.41, 5.74) is 0.938. The summed E-state index contributed by atoms with van der Waals surface area (Å²) in [6.07, 6.45) is -0.402. The standard InChI is InChI=1S/C17H26F3NO2S/c1-5-7-21-8-6-13-9-15(23-4)16(10-14(13)22-3)24-11-17(19,20)12(2)18/h9-10,12,21H,5-8,11H2,1-4H3. The molecule has 138 valence electrons. The molecule has 0 heterocycles. The molecule has 7 heteroatoms. The quantitative estimate of drug-likeness (QED) is 0.467. The Morgan fingerprint density at radius 3 is 2.38 bits per heavy atom. The normalized spacial score (nSPS) is 13.0. The molecule has 1 unspecified atom stereocenters. The predicted molar refractivity (Wildman–Crippen MR) is 92.7 cm³/mol. The van der Waals surface area contributed by atoms with Crippen LogP contribution in [0.5, 0.6) is 11.5 Å². The zero-order valence-electron chi connectivity index (χ0n) is 14.6. The average Bonchev–Trinajstić information content (AvgIpc) is 2.56. The van der Waals surface area contributed by atoms with Gasteiger partial charge < -0.3 is 14.8 Å². The van der Waals surface area contributed by atoms with E-state index in [4.69, 9.17) is 9.47 Å². The molecule has 1 rings (SSSR count). The van der Waals surface area contributed by atoms with Crippen LogP contribution in [0.2, 0.25) is 0 Å². The van der Waals surface area contributed by atoms with Gasteiger partial charge in [-0.2, -0.15) is 0 Å². The molecule has 0 fully saturated rings. The number of benzene rings is 1. The van der Waals surface area contributed by atoms with E-state index in [1.807, 2.05) is 0 Å². The molecule has 0 aliphatic rings. The number of hydrogen-bond donors (Lipinski definition) is 1. The molecular formula is C17H26F3NO2S. The van der Waals surface area contributed by atoms with Crippen molar-refractivity contribution < 1.29 is 22.6 Å². The molecule has 1 aromatic rings. The number of hydrogen-bond acceptors (Lipinski definition) is 4. The topological polar surface area (TPSA) is 30.5 Å². The summed E-state index contributed by atoms with van der Waals surface area (Å²) >= 11 is 0.866. The van der Waals surface area contributed by atoms with Crippen LogP contribution in [-0.4, -0.2) is 45.2 Å². The van der Waals surface area contributed by atoms with Gasteiger partial charge in [0, 0.05) is 0 Å². The molecule has 0 saturated carbocycles. The minimum atomic E-state index is -3.38. The molecule has 1 aromatic carbocycles. The second kappa shape index (κ2) is 10.0. The number of nitrogens with one attached hydrogen (secondary N) is 1. The second-order valence-corrected chi connectivity index (χ2v) is 6.50. The molecule has 24 heavy (non-hydrogen) atoms. The summed E-state index contributed by atoms with van der Waals surface area (Å²) < 4.78 is 50.6. The summed E-state index contributed by atoms with van der Waals surface area (Å²) in [5.74, 6) is -2.92. The minimum absolute atomic E-state index is 0.494. The lowest BCUT2D eigenvalue weighted by molar-refractivity contribution is -0.0422. The molecule has 0 spiro atoms. The van der Waals surface area contributed by atoms with Crippen LogP contribution in [0.15, 0.2) is 17.0 Å². The van der Waals surface area contributed by atoms with Crippen molar-refractivity contribution in [3.05, 3.63) is 17.7 Å². The maximum Gasteiger partial charge on any atom is 0.287 e. The Kier molecular flexibility index (Phi) is 8.76. The summed E-state index contributed by atoms with van der Waals surface area (Å²) in [6.45, 7) is 4.68. The van der Waals surface area contributed by atoms with Crippen LogP contribution in [0.1, 0.15) is 25.8 Å². The highest BCUT2D eigenvalue weighted by atomic mass is 32.2. The first kappa shape index (κ1) is 21.0. The van der Waals surface area contributed by atoms with Crippen molar-refractivity contribution in [3.8, 4) is 11.5 Å². The molecule has 0 bridgehead atoms. The first-order chi connectivity index (χ1) is 11.4. The van der Waals surface area contributed by atoms with Crippen LogP contribution in [0.4, 0.5) is 13.2 Å². The fourth-order valence-electron chi connectivity index (χ4n) is 2.05. The van der Waals surface area contributed by atoms with Gasteiger partial charge in [-0.05, 0) is 50.6 Å². The monoisotopic (exact) mass is 365 g/mol. The van der Waals surface area contributed by atoms with E-state index in [0.717, 1.165) is 50.2 Å². The largest absolute Gasteiger partial charge is 0.496 e. The van der Waals surface area contributed by atoms with Crippen LogP contribution < -0.4 is 14.8 Å². The van der Waals surface area contributed by atoms with Crippen molar-refractivity contribution in [2.45, 2.75) is 43.7 Å². The predicted octanol–water partition coefficient (Wildman–Crippen LogP) is 4.33. The number of rotatable bonds is 11. The van der Waals surface area contributed by atoms with Gasteiger partial charge in [-0.1, -0.05) is 6.92 Å². The molecule has 0 aromatic heterocycles. The van der Waals surface area contributed by atoms with E-state index in [1.54, 1.807) is 12.1 Å². The lowest BCUT2D eigenvalue weighted by Crippen LogP contribution is -2.30. The van der Waals surface area contributed by atoms with Crippen molar-refractivity contribution in [1.82, 2.24) is 5.32 Å². The second-order valence-electron chi connectivity index (χ2n) is 5.48. The van der Waals surface area contributed by atoms with Crippen molar-refractivity contribution in [2.24, 2.45) is 0 Å². The highest BCUT2D eigenvalue weighted by molar-refractivity contribution is 7.99. The third-order valence-electron chi connectivity index (χ3n) is 3.57. The molecule has 0 aliphatic heterocycles. The van der Waals surface area contributed by atoms with Gasteiger partial charge in [-0.15, -0.1) is 11.8 Å². The molecule has 0 amide bonds. The average molecular weight is 365 g/mol. The van der Waals surface area contributed by atoms with Gasteiger partial charge in [-0.3, -0.25) is 0 Å². The minimum Gasteiger partial charge on any atom is -0.496 e. The van der Waals surface area contributed by atoms with Gasteiger partial charge >= 0.3 is 0 Å². The Bertz CT molecular complexity index is 513. The Morgan fingerprint density at radius 2 is 1.83 bits per heavy atom. The van der Waals surface area contributed by atoms with E-state index in [-0.39, 0.29) is 0 Å². The fraction of sp³-hybridized carbons (Fsp3) is 0.647. The highest BCUT2D eigenvalue weighted by Gasteiger charge is 2.37. The lowest BCUT2D eigenvalue weighted by Gasteiger charge is -2.19. The summed E-state index contributed by atoms with van der Waals surface area (Å²) in [4.78, 5) is 0.514. The van der Waals surface area contributed by atoms with Gasteiger partial charge in [-0.25, -0.2) is 13.2 Å². The molecule has 1 N–H and O–H groups in total. The van der Waals surface area contributed by atoms with E-state index in [9.17, 15) is 13.2 Å². The van der Waals surface area contributed by atoms with Crippen molar-refractivity contribution in [2.75, 3.05) is 33.1 Å². The van der Waals surface area contributed by atoms with Gasteiger partial charge in [0.2, 0.25) is 0 Å². The molecule has 0 saturated heterocycles. The number of methoxy groups -OCH3 is 2. The number of thioether (sulfide) groups is 1. The third kappa shape index (κ3) is 6.09. The van der Waals surface area contributed by atoms with E-state index in [1.165, 1.54) is 14.2 Å². The van der Waals surface area contributed by atoms with Crippen LogP contribution in [-0.2, 0) is 6.42 Å². The third-order valence-corrected chi connectivity index (χ3v) is 4.73. The van der Waals surface area contributed by atoms with Gasteiger partial charge in [0.15, 0.2) is 6.17 Å². The fourth-order valence-corrected chi connectivity index (χ4v) is 3.11. The van der Waals surface area contributed by atoms with Gasteiger partial charge in [0.1, 0.15) is 11.5 Å². The van der Waals surface area contributed by atoms with E-state index >= 15 is 0 Å². The van der Waals surface area contributed by atoms with E-state index in [2.05, 4.69) is 12.2 Å². The maximum absolute atomic E-state index is 13.5. The SMILES string of the molecule is CCCNCCc1cc(OC)c(SCC(F)(F)C(C)F)cc1OC. The van der Waals surface area contributed by atoms with Gasteiger partial charge in [0.05, 0.1) is 24.9 Å². The van der Waals surface area contributed by atoms with Crippen LogP contribution in [0.25, 0.3) is 0 Å². The highest BCUT2D eigenvalue weighted by Crippen LogP contribution is 2.39. The lowest BCUT2D eigenvalue weighted by atomic mass is 10.1. The van der Waals surface area contributed by atoms with Gasteiger partial charge in [0.25, 0.3) is 5.92 Å². The van der Waals surface area contributed by atoms with E-state index in [0.29, 0.717) is 16.4 Å². The summed E-state index contributed by atoms with van der Waals surface area (Å²) in [5, 5.41) is 3.30. The Hall–Kier alpha value is -1.08. The number of halogens is 3. The number of ether oxygens (including phenoxy) is 2. The van der Waals surface area contributed by atoms with Crippen molar-refractivity contribution in [3.63, 3.8) is 0 Å². The van der Waals surface area contributed by atoms with Crippen LogP contribution in [0.3, 0.4) is 0 Å². The first-order valence-electron chi connectivity index (χ1n) is 7.96. The molecule has 0 aliphatic carbocycles. The maximum atomic E-state index is 13.5. The Morgan fingerprint density at radius 1 is 1.17 bits per heavy atom. The molecule has 1 atom stereocenters. The van der Waals surface area contributed by atoms with Crippen molar-refractivity contribution in [1.29, 1.82) is 0 Å². The first-order valence-corrected chi connectivity index (χ1v) is 8.94. The van der Waals surface area contributed by atoms with E-state index < -0.39 is 17.8 Å². The smallest absolute Gasteiger partial charge is 0.287 e.